The minimum absolute atomic E-state index is 0.148. The molecule has 2 aromatic heterocycles. The van der Waals surface area contributed by atoms with Gasteiger partial charge in [-0.3, -0.25) is 9.38 Å². The Bertz CT molecular complexity index is 1110. The van der Waals surface area contributed by atoms with Gasteiger partial charge in [0.25, 0.3) is 0 Å². The topological polar surface area (TPSA) is 80.9 Å². The van der Waals surface area contributed by atoms with E-state index < -0.39 is 0 Å². The van der Waals surface area contributed by atoms with Crippen LogP contribution in [0.5, 0.6) is 17.2 Å². The average Bonchev–Trinajstić information content (AvgIpc) is 3.06. The van der Waals surface area contributed by atoms with Crippen LogP contribution in [0.25, 0.3) is 16.9 Å². The molecule has 27 heavy (non-hydrogen) atoms. The van der Waals surface area contributed by atoms with E-state index in [-0.39, 0.29) is 5.75 Å². The van der Waals surface area contributed by atoms with Crippen LogP contribution in [0.3, 0.4) is 0 Å². The predicted octanol–water partition coefficient (Wildman–Crippen LogP) is 3.86. The lowest BCUT2D eigenvalue weighted by Gasteiger charge is -2.14. The fourth-order valence-electron chi connectivity index (χ4n) is 2.93. The average molecular weight is 362 g/mol. The normalized spacial score (nSPS) is 10.7. The van der Waals surface area contributed by atoms with E-state index in [0.717, 1.165) is 0 Å². The van der Waals surface area contributed by atoms with E-state index in [2.05, 4.69) is 15.3 Å². The van der Waals surface area contributed by atoms with Gasteiger partial charge in [0.05, 0.1) is 26.1 Å². The molecule has 4 rings (SSSR count). The molecule has 0 aliphatic heterocycles. The van der Waals surface area contributed by atoms with Crippen molar-refractivity contribution in [3.05, 3.63) is 61.1 Å². The Hall–Kier alpha value is -3.74. The lowest BCUT2D eigenvalue weighted by Crippen LogP contribution is -2.00. The summed E-state index contributed by atoms with van der Waals surface area (Å²) < 4.78 is 12.7. The second-order valence-corrected chi connectivity index (χ2v) is 5.82. The van der Waals surface area contributed by atoms with Crippen LogP contribution in [-0.2, 0) is 0 Å². The first-order valence-electron chi connectivity index (χ1n) is 8.30. The quantitative estimate of drug-likeness (QED) is 0.561. The Labute approximate surface area is 155 Å². The second kappa shape index (κ2) is 6.87. The Morgan fingerprint density at radius 2 is 1.93 bits per heavy atom. The number of aromatic hydroxyl groups is 1. The number of ether oxygens (including phenoxy) is 2. The Kier molecular flexibility index (Phi) is 4.25. The third kappa shape index (κ3) is 2.99. The van der Waals surface area contributed by atoms with Gasteiger partial charge < -0.3 is 19.9 Å². The highest BCUT2D eigenvalue weighted by atomic mass is 16.5. The third-order valence-electron chi connectivity index (χ3n) is 4.25. The van der Waals surface area contributed by atoms with Crippen molar-refractivity contribution in [2.75, 3.05) is 19.5 Å². The van der Waals surface area contributed by atoms with Crippen LogP contribution in [-0.4, -0.2) is 33.7 Å². The van der Waals surface area contributed by atoms with Crippen LogP contribution in [0, 0.1) is 0 Å². The first-order chi connectivity index (χ1) is 13.2. The number of rotatable bonds is 5. The molecule has 0 saturated carbocycles. The van der Waals surface area contributed by atoms with Crippen LogP contribution in [0.1, 0.15) is 0 Å². The number of phenolic OH excluding ortho intramolecular Hbond substituents is 1. The van der Waals surface area contributed by atoms with Gasteiger partial charge in [0.1, 0.15) is 28.8 Å². The number of para-hydroxylation sites is 1. The highest BCUT2D eigenvalue weighted by Gasteiger charge is 2.18. The van der Waals surface area contributed by atoms with Crippen molar-refractivity contribution < 1.29 is 14.6 Å². The first kappa shape index (κ1) is 16.7. The number of nitrogens with zero attached hydrogens (tertiary/aromatic N) is 3. The summed E-state index contributed by atoms with van der Waals surface area (Å²) in [5.41, 5.74) is 2.59. The number of hydrogen-bond donors (Lipinski definition) is 2. The van der Waals surface area contributed by atoms with E-state index in [1.807, 2.05) is 34.7 Å². The fraction of sp³-hybridized carbons (Fsp3) is 0.100. The number of nitrogens with one attached hydrogen (secondary N) is 1. The number of aromatic nitrogens is 3. The number of phenols is 1. The van der Waals surface area contributed by atoms with Gasteiger partial charge in [0.15, 0.2) is 5.65 Å². The summed E-state index contributed by atoms with van der Waals surface area (Å²) in [4.78, 5) is 8.78. The van der Waals surface area contributed by atoms with Crippen LogP contribution in [0.2, 0.25) is 0 Å². The standard InChI is InChI=1S/C20H18N4O3/c1-26-13-7-8-17(27-2)15(11-13)22-20-19(14-5-3-4-6-16(14)25)23-18-12-21-9-10-24(18)20/h3-12,22,25H,1-2H3. The Balaban J connectivity index is 1.91. The van der Waals surface area contributed by atoms with Gasteiger partial charge in [0.2, 0.25) is 0 Å². The molecule has 0 amide bonds. The monoisotopic (exact) mass is 362 g/mol. The molecule has 0 fully saturated rings. The zero-order chi connectivity index (χ0) is 18.8. The molecular weight excluding hydrogens is 344 g/mol. The number of imidazole rings is 1. The lowest BCUT2D eigenvalue weighted by atomic mass is 10.1. The Morgan fingerprint density at radius 3 is 2.70 bits per heavy atom. The molecule has 0 bridgehead atoms. The van der Waals surface area contributed by atoms with Gasteiger partial charge in [-0.05, 0) is 24.3 Å². The van der Waals surface area contributed by atoms with Gasteiger partial charge >= 0.3 is 0 Å². The summed E-state index contributed by atoms with van der Waals surface area (Å²) >= 11 is 0. The van der Waals surface area contributed by atoms with Crippen molar-refractivity contribution in [3.8, 4) is 28.5 Å². The highest BCUT2D eigenvalue weighted by molar-refractivity contribution is 5.83. The van der Waals surface area contributed by atoms with Crippen LogP contribution in [0.4, 0.5) is 11.5 Å². The number of fused-ring (bicyclic) bond motifs is 1. The summed E-state index contributed by atoms with van der Waals surface area (Å²) in [5, 5.41) is 13.7. The molecule has 0 radical (unpaired) electrons. The van der Waals surface area contributed by atoms with Crippen molar-refractivity contribution in [1.29, 1.82) is 0 Å². The number of benzene rings is 2. The summed E-state index contributed by atoms with van der Waals surface area (Å²) in [6, 6.07) is 12.6. The molecule has 0 spiro atoms. The number of hydrogen-bond acceptors (Lipinski definition) is 6. The number of anilines is 2. The van der Waals surface area contributed by atoms with Gasteiger partial charge in [-0.1, -0.05) is 12.1 Å². The first-order valence-corrected chi connectivity index (χ1v) is 8.30. The zero-order valence-corrected chi connectivity index (χ0v) is 14.9. The molecule has 2 aromatic carbocycles. The molecule has 136 valence electrons. The van der Waals surface area contributed by atoms with Crippen molar-refractivity contribution in [3.63, 3.8) is 0 Å². The highest BCUT2D eigenvalue weighted by Crippen LogP contribution is 2.38. The van der Waals surface area contributed by atoms with E-state index in [4.69, 9.17) is 9.47 Å². The summed E-state index contributed by atoms with van der Waals surface area (Å²) in [5.74, 6) is 2.18. The van der Waals surface area contributed by atoms with Gasteiger partial charge in [-0.25, -0.2) is 4.98 Å². The molecule has 2 N–H and O–H groups in total. The molecular formula is C20H18N4O3. The maximum Gasteiger partial charge on any atom is 0.157 e. The minimum atomic E-state index is 0.148. The molecule has 2 heterocycles. The van der Waals surface area contributed by atoms with E-state index in [1.54, 1.807) is 44.9 Å². The van der Waals surface area contributed by atoms with Crippen LogP contribution >= 0.6 is 0 Å². The SMILES string of the molecule is COc1ccc(OC)c(Nc2c(-c3ccccc3O)nc3cnccn23)c1. The fourth-order valence-corrected chi connectivity index (χ4v) is 2.93. The molecule has 4 aromatic rings. The summed E-state index contributed by atoms with van der Waals surface area (Å²) in [6.07, 6.45) is 5.15. The van der Waals surface area contributed by atoms with Crippen LogP contribution < -0.4 is 14.8 Å². The molecule has 7 heteroatoms. The van der Waals surface area contributed by atoms with E-state index >= 15 is 0 Å². The number of methoxy groups -OCH3 is 2. The predicted molar refractivity (Wildman–Crippen MR) is 103 cm³/mol. The largest absolute Gasteiger partial charge is 0.507 e. The third-order valence-corrected chi connectivity index (χ3v) is 4.25. The van der Waals surface area contributed by atoms with Gasteiger partial charge in [-0.15, -0.1) is 0 Å². The maximum atomic E-state index is 10.3. The molecule has 0 atom stereocenters. The van der Waals surface area contributed by atoms with Crippen molar-refractivity contribution in [1.82, 2.24) is 14.4 Å². The van der Waals surface area contributed by atoms with E-state index in [1.165, 1.54) is 0 Å². The van der Waals surface area contributed by atoms with Crippen molar-refractivity contribution in [2.24, 2.45) is 0 Å². The summed E-state index contributed by atoms with van der Waals surface area (Å²) in [7, 11) is 3.22. The molecule has 0 aliphatic rings. The van der Waals surface area contributed by atoms with Gasteiger partial charge in [-0.2, -0.15) is 0 Å². The molecule has 0 saturated heterocycles. The minimum Gasteiger partial charge on any atom is -0.507 e. The van der Waals surface area contributed by atoms with E-state index in [0.29, 0.717) is 39.9 Å². The van der Waals surface area contributed by atoms with Crippen LogP contribution in [0.15, 0.2) is 61.1 Å². The second-order valence-electron chi connectivity index (χ2n) is 5.82. The van der Waals surface area contributed by atoms with Gasteiger partial charge in [0, 0.05) is 24.0 Å². The molecule has 0 unspecified atom stereocenters. The van der Waals surface area contributed by atoms with E-state index in [9.17, 15) is 5.11 Å². The molecule has 7 nitrogen and oxygen atoms in total. The molecule has 0 aliphatic carbocycles. The Morgan fingerprint density at radius 1 is 1.07 bits per heavy atom. The van der Waals surface area contributed by atoms with Crippen molar-refractivity contribution >= 4 is 17.2 Å². The van der Waals surface area contributed by atoms with Crippen molar-refractivity contribution in [2.45, 2.75) is 0 Å². The smallest absolute Gasteiger partial charge is 0.157 e. The maximum absolute atomic E-state index is 10.3. The lowest BCUT2D eigenvalue weighted by molar-refractivity contribution is 0.405. The summed E-state index contributed by atoms with van der Waals surface area (Å²) in [6.45, 7) is 0. The zero-order valence-electron chi connectivity index (χ0n) is 14.9.